The molecule has 0 aromatic heterocycles. The smallest absolute Gasteiger partial charge is 0.337 e. The van der Waals surface area contributed by atoms with Gasteiger partial charge in [0.25, 0.3) is 0 Å². The predicted octanol–water partition coefficient (Wildman–Crippen LogP) is 1.54. The van der Waals surface area contributed by atoms with Gasteiger partial charge in [-0.15, -0.1) is 0 Å². The van der Waals surface area contributed by atoms with Gasteiger partial charge in [0.15, 0.2) is 0 Å². The van der Waals surface area contributed by atoms with Crippen LogP contribution in [0.3, 0.4) is 0 Å². The van der Waals surface area contributed by atoms with Crippen molar-refractivity contribution < 1.29 is 14.6 Å². The molecule has 0 saturated carbocycles. The van der Waals surface area contributed by atoms with E-state index < -0.39 is 11.6 Å². The largest absolute Gasteiger partial charge is 0.512 e. The molecule has 3 heteroatoms. The third-order valence-electron chi connectivity index (χ3n) is 1.70. The lowest BCUT2D eigenvalue weighted by Gasteiger charge is -2.29. The van der Waals surface area contributed by atoms with Gasteiger partial charge in [-0.25, -0.2) is 4.79 Å². The van der Waals surface area contributed by atoms with Crippen LogP contribution in [0.15, 0.2) is 11.3 Å². The first-order chi connectivity index (χ1) is 4.92. The van der Waals surface area contributed by atoms with Crippen molar-refractivity contribution in [3.63, 3.8) is 0 Å². The standard InChI is InChI=1S/C8H12O3/c1-5-6(9)4-8(2,3)11-7(5)10/h9H,4H2,1-3H3. The van der Waals surface area contributed by atoms with Crippen LogP contribution in [-0.2, 0) is 9.53 Å². The van der Waals surface area contributed by atoms with Gasteiger partial charge < -0.3 is 9.84 Å². The lowest BCUT2D eigenvalue weighted by Crippen LogP contribution is -2.33. The van der Waals surface area contributed by atoms with Crippen LogP contribution in [0.5, 0.6) is 0 Å². The summed E-state index contributed by atoms with van der Waals surface area (Å²) in [6.45, 7) is 5.11. The molecular formula is C8H12O3. The van der Waals surface area contributed by atoms with E-state index in [1.165, 1.54) is 0 Å². The number of hydrogen-bond acceptors (Lipinski definition) is 3. The summed E-state index contributed by atoms with van der Waals surface area (Å²) in [7, 11) is 0. The van der Waals surface area contributed by atoms with E-state index in [1.54, 1.807) is 20.8 Å². The minimum Gasteiger partial charge on any atom is -0.512 e. The molecule has 0 unspecified atom stereocenters. The van der Waals surface area contributed by atoms with E-state index in [2.05, 4.69) is 0 Å². The Bertz CT molecular complexity index is 225. The molecule has 0 aromatic carbocycles. The summed E-state index contributed by atoms with van der Waals surface area (Å²) >= 11 is 0. The summed E-state index contributed by atoms with van der Waals surface area (Å²) in [4.78, 5) is 11.0. The number of aliphatic hydroxyl groups excluding tert-OH is 1. The quantitative estimate of drug-likeness (QED) is 0.541. The fraction of sp³-hybridized carbons (Fsp3) is 0.625. The molecular weight excluding hydrogens is 144 g/mol. The van der Waals surface area contributed by atoms with Crippen molar-refractivity contribution in [2.75, 3.05) is 0 Å². The molecule has 1 heterocycles. The van der Waals surface area contributed by atoms with Gasteiger partial charge in [-0.1, -0.05) is 0 Å². The first kappa shape index (κ1) is 8.11. The molecule has 1 N–H and O–H groups in total. The molecule has 0 fully saturated rings. The molecule has 0 radical (unpaired) electrons. The first-order valence-electron chi connectivity index (χ1n) is 3.54. The predicted molar refractivity (Wildman–Crippen MR) is 40.1 cm³/mol. The highest BCUT2D eigenvalue weighted by molar-refractivity contribution is 5.89. The zero-order valence-corrected chi connectivity index (χ0v) is 6.97. The zero-order chi connectivity index (χ0) is 8.65. The van der Waals surface area contributed by atoms with E-state index >= 15 is 0 Å². The van der Waals surface area contributed by atoms with E-state index in [4.69, 9.17) is 4.74 Å². The summed E-state index contributed by atoms with van der Waals surface area (Å²) in [6.07, 6.45) is 0.407. The maximum absolute atomic E-state index is 11.0. The van der Waals surface area contributed by atoms with Crippen molar-refractivity contribution >= 4 is 5.97 Å². The summed E-state index contributed by atoms with van der Waals surface area (Å²) < 4.78 is 5.00. The van der Waals surface area contributed by atoms with Crippen molar-refractivity contribution in [1.29, 1.82) is 0 Å². The molecule has 0 atom stereocenters. The van der Waals surface area contributed by atoms with Crippen molar-refractivity contribution in [1.82, 2.24) is 0 Å². The lowest BCUT2D eigenvalue weighted by atomic mass is 9.98. The van der Waals surface area contributed by atoms with Gasteiger partial charge in [0.2, 0.25) is 0 Å². The SMILES string of the molecule is CC1=C(O)CC(C)(C)OC1=O. The summed E-state index contributed by atoms with van der Waals surface area (Å²) in [5.74, 6) is -0.273. The summed E-state index contributed by atoms with van der Waals surface area (Å²) in [6, 6.07) is 0. The molecule has 1 aliphatic rings. The highest BCUT2D eigenvalue weighted by Crippen LogP contribution is 2.27. The van der Waals surface area contributed by atoms with Gasteiger partial charge in [-0.05, 0) is 20.8 Å². The van der Waals surface area contributed by atoms with Crippen molar-refractivity contribution in [2.24, 2.45) is 0 Å². The molecule has 62 valence electrons. The van der Waals surface area contributed by atoms with E-state index in [9.17, 15) is 9.90 Å². The third kappa shape index (κ3) is 1.53. The maximum Gasteiger partial charge on any atom is 0.337 e. The Balaban J connectivity index is 2.94. The first-order valence-corrected chi connectivity index (χ1v) is 3.54. The molecule has 0 aliphatic carbocycles. The second kappa shape index (κ2) is 2.26. The van der Waals surface area contributed by atoms with Crippen LogP contribution in [0.2, 0.25) is 0 Å². The molecule has 0 amide bonds. The monoisotopic (exact) mass is 156 g/mol. The Hall–Kier alpha value is -0.990. The second-order valence-corrected chi connectivity index (χ2v) is 3.40. The van der Waals surface area contributed by atoms with Crippen molar-refractivity contribution in [3.8, 4) is 0 Å². The van der Waals surface area contributed by atoms with Crippen LogP contribution in [0, 0.1) is 0 Å². The zero-order valence-electron chi connectivity index (χ0n) is 6.97. The Morgan fingerprint density at radius 3 is 2.55 bits per heavy atom. The number of ether oxygens (including phenoxy) is 1. The Morgan fingerprint density at radius 1 is 1.55 bits per heavy atom. The minimum absolute atomic E-state index is 0.145. The molecule has 11 heavy (non-hydrogen) atoms. The topological polar surface area (TPSA) is 46.5 Å². The van der Waals surface area contributed by atoms with Crippen molar-refractivity contribution in [2.45, 2.75) is 32.8 Å². The van der Waals surface area contributed by atoms with Crippen LogP contribution in [0.4, 0.5) is 0 Å². The van der Waals surface area contributed by atoms with Crippen LogP contribution in [0.1, 0.15) is 27.2 Å². The van der Waals surface area contributed by atoms with Gasteiger partial charge >= 0.3 is 5.97 Å². The van der Waals surface area contributed by atoms with Crippen LogP contribution < -0.4 is 0 Å². The number of carbonyl (C=O) groups is 1. The highest BCUT2D eigenvalue weighted by atomic mass is 16.6. The van der Waals surface area contributed by atoms with E-state index in [-0.39, 0.29) is 5.76 Å². The van der Waals surface area contributed by atoms with Crippen LogP contribution in [0.25, 0.3) is 0 Å². The number of aliphatic hydroxyl groups is 1. The van der Waals surface area contributed by atoms with Gasteiger partial charge in [0, 0.05) is 6.42 Å². The molecule has 1 rings (SSSR count). The third-order valence-corrected chi connectivity index (χ3v) is 1.70. The normalized spacial score (nSPS) is 23.4. The van der Waals surface area contributed by atoms with E-state index in [1.807, 2.05) is 0 Å². The summed E-state index contributed by atoms with van der Waals surface area (Å²) in [5, 5.41) is 9.26. The Kier molecular flexibility index (Phi) is 1.66. The van der Waals surface area contributed by atoms with Crippen LogP contribution >= 0.6 is 0 Å². The molecule has 0 bridgehead atoms. The molecule has 1 aliphatic heterocycles. The molecule has 0 saturated heterocycles. The highest BCUT2D eigenvalue weighted by Gasteiger charge is 2.32. The molecule has 0 spiro atoms. The van der Waals surface area contributed by atoms with Gasteiger partial charge in [-0.3, -0.25) is 0 Å². The minimum atomic E-state index is -0.555. The number of cyclic esters (lactones) is 1. The average molecular weight is 156 g/mol. The molecule has 3 nitrogen and oxygen atoms in total. The average Bonchev–Trinajstić information content (AvgIpc) is 1.81. The second-order valence-electron chi connectivity index (χ2n) is 3.40. The van der Waals surface area contributed by atoms with Gasteiger partial charge in [-0.2, -0.15) is 0 Å². The van der Waals surface area contributed by atoms with Gasteiger partial charge in [0.05, 0.1) is 5.57 Å². The fourth-order valence-electron chi connectivity index (χ4n) is 1.02. The van der Waals surface area contributed by atoms with E-state index in [0.717, 1.165) is 0 Å². The Morgan fingerprint density at radius 2 is 2.09 bits per heavy atom. The van der Waals surface area contributed by atoms with E-state index in [0.29, 0.717) is 12.0 Å². The Labute approximate surface area is 65.7 Å². The molecule has 0 aromatic rings. The number of rotatable bonds is 0. The number of hydrogen-bond donors (Lipinski definition) is 1. The van der Waals surface area contributed by atoms with Crippen molar-refractivity contribution in [3.05, 3.63) is 11.3 Å². The maximum atomic E-state index is 11.0. The van der Waals surface area contributed by atoms with Gasteiger partial charge in [0.1, 0.15) is 11.4 Å². The van der Waals surface area contributed by atoms with Crippen LogP contribution in [-0.4, -0.2) is 16.7 Å². The summed E-state index contributed by atoms with van der Waals surface area (Å²) in [5.41, 5.74) is -0.231. The number of esters is 1. The lowest BCUT2D eigenvalue weighted by molar-refractivity contribution is -0.154. The fourth-order valence-corrected chi connectivity index (χ4v) is 1.02. The number of carbonyl (C=O) groups excluding carboxylic acids is 1.